The molecule has 2 amide bonds. The van der Waals surface area contributed by atoms with Crippen molar-refractivity contribution >= 4 is 34.1 Å². The number of methoxy groups -OCH3 is 1. The van der Waals surface area contributed by atoms with Gasteiger partial charge in [-0.15, -0.1) is 11.3 Å². The van der Waals surface area contributed by atoms with E-state index in [4.69, 9.17) is 4.74 Å². The first kappa shape index (κ1) is 22.2. The van der Waals surface area contributed by atoms with Gasteiger partial charge in [-0.3, -0.25) is 9.59 Å². The largest absolute Gasteiger partial charge is 0.465 e. The van der Waals surface area contributed by atoms with Gasteiger partial charge in [0.05, 0.1) is 29.2 Å². The molecule has 1 heterocycles. The summed E-state index contributed by atoms with van der Waals surface area (Å²) < 4.78 is 18.8. The van der Waals surface area contributed by atoms with Crippen molar-refractivity contribution in [3.05, 3.63) is 87.5 Å². The third kappa shape index (κ3) is 4.80. The lowest BCUT2D eigenvalue weighted by Gasteiger charge is -2.14. The van der Waals surface area contributed by atoms with E-state index in [2.05, 4.69) is 10.6 Å². The highest BCUT2D eigenvalue weighted by atomic mass is 32.1. The Hall–Kier alpha value is -3.52. The second-order valence-electron chi connectivity index (χ2n) is 6.79. The quantitative estimate of drug-likeness (QED) is 0.543. The molecule has 0 spiro atoms. The summed E-state index contributed by atoms with van der Waals surface area (Å²) in [6.45, 7) is 3.45. The van der Waals surface area contributed by atoms with Crippen LogP contribution in [0.4, 0.5) is 9.39 Å². The number of rotatable bonds is 6. The molecule has 0 radical (unpaired) electrons. The highest BCUT2D eigenvalue weighted by Crippen LogP contribution is 2.34. The van der Waals surface area contributed by atoms with Crippen LogP contribution in [0.15, 0.2) is 54.6 Å². The Labute approximate surface area is 183 Å². The van der Waals surface area contributed by atoms with E-state index in [0.717, 1.165) is 16.9 Å². The van der Waals surface area contributed by atoms with Crippen molar-refractivity contribution in [1.29, 1.82) is 0 Å². The molecule has 0 saturated carbocycles. The SMILES string of the molecule is COC(=O)c1c(NC(=O)c2ccccc2F)sc(C(=O)N[C@@H](C)c2ccccc2)c1C. The first-order valence-corrected chi connectivity index (χ1v) is 10.3. The van der Waals surface area contributed by atoms with Crippen LogP contribution in [0.2, 0.25) is 0 Å². The molecule has 8 heteroatoms. The fourth-order valence-corrected chi connectivity index (χ4v) is 4.16. The zero-order valence-corrected chi connectivity index (χ0v) is 18.0. The van der Waals surface area contributed by atoms with Gasteiger partial charge in [0.25, 0.3) is 11.8 Å². The Kier molecular flexibility index (Phi) is 6.81. The Morgan fingerprint density at radius 1 is 1.00 bits per heavy atom. The lowest BCUT2D eigenvalue weighted by molar-refractivity contribution is 0.0601. The molecule has 0 aliphatic heterocycles. The molecule has 2 N–H and O–H groups in total. The molecule has 0 unspecified atom stereocenters. The topological polar surface area (TPSA) is 84.5 Å². The zero-order valence-electron chi connectivity index (χ0n) is 17.2. The third-order valence-electron chi connectivity index (χ3n) is 4.74. The van der Waals surface area contributed by atoms with Crippen LogP contribution < -0.4 is 10.6 Å². The predicted octanol–water partition coefficient (Wildman–Crippen LogP) is 4.73. The molecule has 1 atom stereocenters. The van der Waals surface area contributed by atoms with E-state index < -0.39 is 23.6 Å². The zero-order chi connectivity index (χ0) is 22.5. The fourth-order valence-electron chi connectivity index (χ4n) is 3.07. The number of ether oxygens (including phenoxy) is 1. The Morgan fingerprint density at radius 3 is 2.29 bits per heavy atom. The standard InChI is InChI=1S/C23H21FN2O4S/c1-13-18(23(29)30-3)22(26-20(27)16-11-7-8-12-17(16)24)31-19(13)21(28)25-14(2)15-9-5-4-6-10-15/h4-12,14H,1-3H3,(H,25,28)(H,26,27)/t14-/m0/s1. The Balaban J connectivity index is 1.91. The van der Waals surface area contributed by atoms with Crippen molar-refractivity contribution in [2.24, 2.45) is 0 Å². The molecule has 160 valence electrons. The molecule has 2 aromatic carbocycles. The van der Waals surface area contributed by atoms with E-state index in [0.29, 0.717) is 5.56 Å². The molecular weight excluding hydrogens is 419 g/mol. The van der Waals surface area contributed by atoms with Crippen molar-refractivity contribution in [3.8, 4) is 0 Å². The van der Waals surface area contributed by atoms with E-state index in [-0.39, 0.29) is 27.0 Å². The van der Waals surface area contributed by atoms with Gasteiger partial charge in [-0.2, -0.15) is 0 Å². The Bertz CT molecular complexity index is 1130. The van der Waals surface area contributed by atoms with Gasteiger partial charge in [-0.05, 0) is 37.1 Å². The van der Waals surface area contributed by atoms with Gasteiger partial charge >= 0.3 is 5.97 Å². The predicted molar refractivity (Wildman–Crippen MR) is 117 cm³/mol. The number of benzene rings is 2. The van der Waals surface area contributed by atoms with Gasteiger partial charge in [0.2, 0.25) is 0 Å². The normalized spacial score (nSPS) is 11.5. The minimum absolute atomic E-state index is 0.0645. The van der Waals surface area contributed by atoms with E-state index in [9.17, 15) is 18.8 Å². The lowest BCUT2D eigenvalue weighted by Crippen LogP contribution is -2.26. The number of anilines is 1. The minimum atomic E-state index is -0.728. The van der Waals surface area contributed by atoms with Crippen molar-refractivity contribution < 1.29 is 23.5 Å². The van der Waals surface area contributed by atoms with Crippen LogP contribution in [0, 0.1) is 12.7 Å². The molecule has 3 aromatic rings. The van der Waals surface area contributed by atoms with Crippen molar-refractivity contribution in [1.82, 2.24) is 5.32 Å². The van der Waals surface area contributed by atoms with Crippen molar-refractivity contribution in [2.45, 2.75) is 19.9 Å². The van der Waals surface area contributed by atoms with Gasteiger partial charge in [-0.1, -0.05) is 42.5 Å². The summed E-state index contributed by atoms with van der Waals surface area (Å²) >= 11 is 0.937. The summed E-state index contributed by atoms with van der Waals surface area (Å²) in [7, 11) is 1.21. The van der Waals surface area contributed by atoms with E-state index in [1.54, 1.807) is 6.92 Å². The summed E-state index contributed by atoms with van der Waals surface area (Å²) in [5.41, 5.74) is 1.19. The number of carbonyl (C=O) groups excluding carboxylic acids is 3. The number of nitrogens with one attached hydrogen (secondary N) is 2. The van der Waals surface area contributed by atoms with E-state index in [1.165, 1.54) is 31.4 Å². The van der Waals surface area contributed by atoms with Gasteiger partial charge < -0.3 is 15.4 Å². The summed E-state index contributed by atoms with van der Waals surface area (Å²) in [4.78, 5) is 38.1. The number of amides is 2. The maximum absolute atomic E-state index is 14.0. The number of carbonyl (C=O) groups is 3. The fraction of sp³-hybridized carbons (Fsp3) is 0.174. The van der Waals surface area contributed by atoms with Crippen LogP contribution in [0.3, 0.4) is 0 Å². The molecule has 0 fully saturated rings. The summed E-state index contributed by atoms with van der Waals surface area (Å²) in [5.74, 6) is -2.51. The molecule has 6 nitrogen and oxygen atoms in total. The first-order valence-electron chi connectivity index (χ1n) is 9.46. The van der Waals surface area contributed by atoms with Crippen molar-refractivity contribution in [3.63, 3.8) is 0 Å². The van der Waals surface area contributed by atoms with Crippen LogP contribution in [-0.2, 0) is 4.74 Å². The van der Waals surface area contributed by atoms with E-state index in [1.807, 2.05) is 37.3 Å². The number of esters is 1. The highest BCUT2D eigenvalue weighted by molar-refractivity contribution is 7.18. The minimum Gasteiger partial charge on any atom is -0.465 e. The maximum atomic E-state index is 14.0. The smallest absolute Gasteiger partial charge is 0.341 e. The van der Waals surface area contributed by atoms with Crippen LogP contribution in [0.5, 0.6) is 0 Å². The molecule has 0 saturated heterocycles. The second-order valence-corrected chi connectivity index (χ2v) is 7.81. The molecule has 31 heavy (non-hydrogen) atoms. The van der Waals surface area contributed by atoms with Crippen LogP contribution in [0.25, 0.3) is 0 Å². The van der Waals surface area contributed by atoms with Crippen LogP contribution >= 0.6 is 11.3 Å². The summed E-state index contributed by atoms with van der Waals surface area (Å²) in [6, 6.07) is 14.7. The number of hydrogen-bond donors (Lipinski definition) is 2. The van der Waals surface area contributed by atoms with Gasteiger partial charge in [0.1, 0.15) is 10.8 Å². The maximum Gasteiger partial charge on any atom is 0.341 e. The molecule has 1 aromatic heterocycles. The summed E-state index contributed by atoms with van der Waals surface area (Å²) in [6.07, 6.45) is 0. The second kappa shape index (κ2) is 9.53. The average molecular weight is 440 g/mol. The van der Waals surface area contributed by atoms with Gasteiger partial charge in [0, 0.05) is 0 Å². The summed E-state index contributed by atoms with van der Waals surface area (Å²) in [5, 5.41) is 5.55. The van der Waals surface area contributed by atoms with Gasteiger partial charge in [0.15, 0.2) is 0 Å². The third-order valence-corrected chi connectivity index (χ3v) is 5.94. The van der Waals surface area contributed by atoms with Gasteiger partial charge in [-0.25, -0.2) is 9.18 Å². The average Bonchev–Trinajstić information content (AvgIpc) is 3.09. The number of hydrogen-bond acceptors (Lipinski definition) is 5. The van der Waals surface area contributed by atoms with Crippen LogP contribution in [-0.4, -0.2) is 24.9 Å². The molecular formula is C23H21FN2O4S. The lowest BCUT2D eigenvalue weighted by atomic mass is 10.1. The van der Waals surface area contributed by atoms with Crippen LogP contribution in [0.1, 0.15) is 54.5 Å². The molecule has 0 bridgehead atoms. The molecule has 0 aliphatic carbocycles. The number of halogens is 1. The molecule has 3 rings (SSSR count). The molecule has 0 aliphatic rings. The number of thiophene rings is 1. The Morgan fingerprint density at radius 2 is 1.65 bits per heavy atom. The highest BCUT2D eigenvalue weighted by Gasteiger charge is 2.27. The first-order chi connectivity index (χ1) is 14.8. The van der Waals surface area contributed by atoms with Crippen molar-refractivity contribution in [2.75, 3.05) is 12.4 Å². The van der Waals surface area contributed by atoms with E-state index >= 15 is 0 Å². The monoisotopic (exact) mass is 440 g/mol.